The van der Waals surface area contributed by atoms with Gasteiger partial charge in [-0.2, -0.15) is 0 Å². The standard InChI is InChI=1S/C13H22N2O2S/c1-4-17-9-7-8(12(9,2)3)15-11(16)13(5-6-13)10(14)18/h8-9H,4-7H2,1-3H3,(H2,14,18)(H,15,16). The van der Waals surface area contributed by atoms with Gasteiger partial charge in [0, 0.05) is 18.1 Å². The van der Waals surface area contributed by atoms with Gasteiger partial charge in [-0.15, -0.1) is 0 Å². The Morgan fingerprint density at radius 1 is 1.50 bits per heavy atom. The van der Waals surface area contributed by atoms with Crippen LogP contribution in [-0.4, -0.2) is 29.6 Å². The van der Waals surface area contributed by atoms with Gasteiger partial charge in [0.1, 0.15) is 0 Å². The van der Waals surface area contributed by atoms with Crippen molar-refractivity contribution >= 4 is 23.1 Å². The summed E-state index contributed by atoms with van der Waals surface area (Å²) in [5.74, 6) is 0.00280. The first-order valence-corrected chi connectivity index (χ1v) is 6.98. The van der Waals surface area contributed by atoms with E-state index in [9.17, 15) is 4.79 Å². The van der Waals surface area contributed by atoms with Crippen LogP contribution in [0.4, 0.5) is 0 Å². The lowest BCUT2D eigenvalue weighted by Crippen LogP contribution is -2.63. The SMILES string of the molecule is CCOC1CC(NC(=O)C2(C(N)=S)CC2)C1(C)C. The van der Waals surface area contributed by atoms with Crippen molar-refractivity contribution in [1.82, 2.24) is 5.32 Å². The Kier molecular flexibility index (Phi) is 3.40. The molecule has 0 heterocycles. The number of hydrogen-bond acceptors (Lipinski definition) is 3. The van der Waals surface area contributed by atoms with Crippen molar-refractivity contribution in [1.29, 1.82) is 0 Å². The Labute approximate surface area is 114 Å². The van der Waals surface area contributed by atoms with Crippen molar-refractivity contribution in [2.45, 2.75) is 52.2 Å². The maximum Gasteiger partial charge on any atom is 0.233 e. The van der Waals surface area contributed by atoms with Crippen LogP contribution in [0.5, 0.6) is 0 Å². The summed E-state index contributed by atoms with van der Waals surface area (Å²) in [7, 11) is 0. The average Bonchev–Trinajstić information content (AvgIpc) is 3.08. The Hall–Kier alpha value is -0.680. The second-order valence-electron chi connectivity index (χ2n) is 5.97. The molecule has 0 spiro atoms. The van der Waals surface area contributed by atoms with Gasteiger partial charge >= 0.3 is 0 Å². The van der Waals surface area contributed by atoms with Gasteiger partial charge in [0.25, 0.3) is 0 Å². The van der Waals surface area contributed by atoms with Crippen molar-refractivity contribution in [3.05, 3.63) is 0 Å². The normalized spacial score (nSPS) is 31.3. The molecule has 2 atom stereocenters. The van der Waals surface area contributed by atoms with Crippen molar-refractivity contribution in [2.75, 3.05) is 6.61 Å². The zero-order valence-corrected chi connectivity index (χ0v) is 12.1. The number of ether oxygens (including phenoxy) is 1. The Balaban J connectivity index is 1.93. The minimum absolute atomic E-state index is 0.00280. The van der Waals surface area contributed by atoms with Gasteiger partial charge < -0.3 is 15.8 Å². The van der Waals surface area contributed by atoms with Gasteiger partial charge in [0.15, 0.2) is 0 Å². The summed E-state index contributed by atoms with van der Waals surface area (Å²) in [5.41, 5.74) is 5.09. The monoisotopic (exact) mass is 270 g/mol. The van der Waals surface area contributed by atoms with Crippen molar-refractivity contribution in [2.24, 2.45) is 16.6 Å². The van der Waals surface area contributed by atoms with Crippen LogP contribution >= 0.6 is 12.2 Å². The van der Waals surface area contributed by atoms with Crippen molar-refractivity contribution < 1.29 is 9.53 Å². The zero-order chi connectivity index (χ0) is 13.6. The number of carbonyl (C=O) groups is 1. The molecule has 0 bridgehead atoms. The Morgan fingerprint density at radius 2 is 2.11 bits per heavy atom. The van der Waals surface area contributed by atoms with E-state index < -0.39 is 5.41 Å². The smallest absolute Gasteiger partial charge is 0.233 e. The summed E-state index contributed by atoms with van der Waals surface area (Å²) >= 11 is 4.99. The highest BCUT2D eigenvalue weighted by Crippen LogP contribution is 2.48. The van der Waals surface area contributed by atoms with E-state index in [1.165, 1.54) is 0 Å². The van der Waals surface area contributed by atoms with Crippen LogP contribution in [-0.2, 0) is 9.53 Å². The molecule has 0 aromatic carbocycles. The van der Waals surface area contributed by atoms with Crippen molar-refractivity contribution in [3.8, 4) is 0 Å². The highest BCUT2D eigenvalue weighted by atomic mass is 32.1. The third-order valence-corrected chi connectivity index (χ3v) is 4.90. The summed E-state index contributed by atoms with van der Waals surface area (Å²) in [6.07, 6.45) is 2.68. The van der Waals surface area contributed by atoms with Gasteiger partial charge in [-0.3, -0.25) is 4.79 Å². The molecular weight excluding hydrogens is 248 g/mol. The molecule has 102 valence electrons. The molecule has 2 rings (SSSR count). The fraction of sp³-hybridized carbons (Fsp3) is 0.846. The van der Waals surface area contributed by atoms with E-state index in [4.69, 9.17) is 22.7 Å². The molecule has 2 aliphatic carbocycles. The van der Waals surface area contributed by atoms with E-state index in [0.717, 1.165) is 19.3 Å². The highest BCUT2D eigenvalue weighted by Gasteiger charge is 2.56. The second-order valence-corrected chi connectivity index (χ2v) is 6.41. The number of nitrogens with one attached hydrogen (secondary N) is 1. The van der Waals surface area contributed by atoms with E-state index in [-0.39, 0.29) is 23.5 Å². The molecule has 2 unspecified atom stereocenters. The van der Waals surface area contributed by atoms with E-state index >= 15 is 0 Å². The summed E-state index contributed by atoms with van der Waals surface area (Å²) in [4.78, 5) is 12.5. The van der Waals surface area contributed by atoms with Crippen LogP contribution in [0, 0.1) is 10.8 Å². The predicted octanol–water partition coefficient (Wildman–Crippen LogP) is 1.37. The molecule has 1 amide bonds. The molecule has 2 aliphatic rings. The van der Waals surface area contributed by atoms with Crippen LogP contribution in [0.25, 0.3) is 0 Å². The minimum atomic E-state index is -0.553. The van der Waals surface area contributed by atoms with Gasteiger partial charge in [-0.05, 0) is 26.2 Å². The second kappa shape index (κ2) is 4.46. The number of amides is 1. The number of thiocarbonyl (C=S) groups is 1. The van der Waals surface area contributed by atoms with Crippen LogP contribution in [0.2, 0.25) is 0 Å². The summed E-state index contributed by atoms with van der Waals surface area (Å²) < 4.78 is 5.65. The topological polar surface area (TPSA) is 64.3 Å². The summed E-state index contributed by atoms with van der Waals surface area (Å²) in [6.45, 7) is 6.96. The van der Waals surface area contributed by atoms with Crippen molar-refractivity contribution in [3.63, 3.8) is 0 Å². The van der Waals surface area contributed by atoms with E-state index in [1.54, 1.807) is 0 Å². The quantitative estimate of drug-likeness (QED) is 0.741. The van der Waals surface area contributed by atoms with Crippen LogP contribution < -0.4 is 11.1 Å². The molecule has 18 heavy (non-hydrogen) atoms. The number of nitrogens with two attached hydrogens (primary N) is 1. The van der Waals surface area contributed by atoms with Crippen LogP contribution in [0.1, 0.15) is 40.0 Å². The fourth-order valence-corrected chi connectivity index (χ4v) is 2.92. The zero-order valence-electron chi connectivity index (χ0n) is 11.3. The third-order valence-electron chi connectivity index (χ3n) is 4.51. The van der Waals surface area contributed by atoms with Crippen LogP contribution in [0.3, 0.4) is 0 Å². The highest BCUT2D eigenvalue weighted by molar-refractivity contribution is 7.80. The van der Waals surface area contributed by atoms with E-state index in [1.807, 2.05) is 6.92 Å². The number of carbonyl (C=O) groups excluding carboxylic acids is 1. The largest absolute Gasteiger partial charge is 0.392 e. The van der Waals surface area contributed by atoms with E-state index in [0.29, 0.717) is 11.6 Å². The molecule has 3 N–H and O–H groups in total. The lowest BCUT2D eigenvalue weighted by Gasteiger charge is -2.51. The first-order chi connectivity index (χ1) is 8.34. The fourth-order valence-electron chi connectivity index (χ4n) is 2.62. The molecule has 0 aromatic heterocycles. The molecule has 0 saturated heterocycles. The molecule has 4 nitrogen and oxygen atoms in total. The Bertz CT molecular complexity index is 377. The van der Waals surface area contributed by atoms with Gasteiger partial charge in [0.05, 0.1) is 16.5 Å². The van der Waals surface area contributed by atoms with E-state index in [2.05, 4.69) is 19.2 Å². The molecule has 0 aliphatic heterocycles. The molecule has 2 fully saturated rings. The maximum absolute atomic E-state index is 12.2. The summed E-state index contributed by atoms with van der Waals surface area (Å²) in [6, 6.07) is 0.161. The van der Waals surface area contributed by atoms with Gasteiger partial charge in [-0.1, -0.05) is 26.1 Å². The molecule has 5 heteroatoms. The van der Waals surface area contributed by atoms with Gasteiger partial charge in [-0.25, -0.2) is 0 Å². The minimum Gasteiger partial charge on any atom is -0.392 e. The predicted molar refractivity (Wildman–Crippen MR) is 74.2 cm³/mol. The maximum atomic E-state index is 12.2. The van der Waals surface area contributed by atoms with Gasteiger partial charge in [0.2, 0.25) is 5.91 Å². The summed E-state index contributed by atoms with van der Waals surface area (Å²) in [5, 5.41) is 3.09. The molecule has 2 saturated carbocycles. The average molecular weight is 270 g/mol. The molecular formula is C13H22N2O2S. The lowest BCUT2D eigenvalue weighted by molar-refractivity contribution is -0.139. The first kappa shape index (κ1) is 13.7. The number of rotatable bonds is 5. The van der Waals surface area contributed by atoms with Crippen LogP contribution in [0.15, 0.2) is 0 Å². The number of hydrogen-bond donors (Lipinski definition) is 2. The third kappa shape index (κ3) is 2.03. The Morgan fingerprint density at radius 3 is 2.50 bits per heavy atom. The molecule has 0 aromatic rings. The first-order valence-electron chi connectivity index (χ1n) is 6.57. The molecule has 0 radical (unpaired) electrons. The lowest BCUT2D eigenvalue weighted by atomic mass is 9.64.